The summed E-state index contributed by atoms with van der Waals surface area (Å²) in [6, 6.07) is 8.72. The van der Waals surface area contributed by atoms with Crippen molar-refractivity contribution in [2.45, 2.75) is 0 Å². The summed E-state index contributed by atoms with van der Waals surface area (Å²) >= 11 is 0. The summed E-state index contributed by atoms with van der Waals surface area (Å²) in [7, 11) is 1.70. The van der Waals surface area contributed by atoms with Crippen LogP contribution in [-0.2, 0) is 7.05 Å². The average Bonchev–Trinajstić information content (AvgIpc) is 2.67. The Hall–Kier alpha value is -2.56. The maximum absolute atomic E-state index is 13.2. The summed E-state index contributed by atoms with van der Waals surface area (Å²) in [4.78, 5) is 4.32. The lowest BCUT2D eigenvalue weighted by atomic mass is 10.1. The van der Waals surface area contributed by atoms with Gasteiger partial charge >= 0.3 is 0 Å². The second kappa shape index (κ2) is 3.98. The molecule has 0 saturated carbocycles. The molecule has 0 unspecified atom stereocenters. The van der Waals surface area contributed by atoms with Crippen molar-refractivity contribution in [3.63, 3.8) is 0 Å². The number of benzene rings is 2. The number of phenols is 2. The molecule has 1 aromatic heterocycles. The Kier molecular flexibility index (Phi) is 2.41. The number of phenolic OH excluding ortho intramolecular Hbond substituents is 2. The number of nitrogens with zero attached hydrogens (tertiary/aromatic N) is 2. The van der Waals surface area contributed by atoms with Gasteiger partial charge in [-0.15, -0.1) is 0 Å². The summed E-state index contributed by atoms with van der Waals surface area (Å²) < 4.78 is 14.9. The summed E-state index contributed by atoms with van der Waals surface area (Å²) in [5, 5.41) is 19.7. The Labute approximate surface area is 108 Å². The zero-order valence-electron chi connectivity index (χ0n) is 10.1. The second-order valence-corrected chi connectivity index (χ2v) is 4.30. The van der Waals surface area contributed by atoms with Crippen molar-refractivity contribution >= 4 is 11.0 Å². The van der Waals surface area contributed by atoms with Crippen LogP contribution in [-0.4, -0.2) is 19.8 Å². The molecule has 3 aromatic rings. The van der Waals surface area contributed by atoms with Crippen LogP contribution in [0.4, 0.5) is 4.39 Å². The molecule has 0 aliphatic rings. The van der Waals surface area contributed by atoms with E-state index in [9.17, 15) is 14.6 Å². The monoisotopic (exact) mass is 258 g/mol. The normalized spacial score (nSPS) is 11.1. The van der Waals surface area contributed by atoms with Gasteiger partial charge in [0.25, 0.3) is 0 Å². The third-order valence-electron chi connectivity index (χ3n) is 3.09. The van der Waals surface area contributed by atoms with Gasteiger partial charge in [-0.2, -0.15) is 0 Å². The lowest BCUT2D eigenvalue weighted by Crippen LogP contribution is -1.93. The minimum Gasteiger partial charge on any atom is -0.507 e. The highest BCUT2D eigenvalue weighted by Gasteiger charge is 2.17. The molecule has 4 nitrogen and oxygen atoms in total. The van der Waals surface area contributed by atoms with Gasteiger partial charge < -0.3 is 14.8 Å². The van der Waals surface area contributed by atoms with Crippen LogP contribution in [0.25, 0.3) is 22.4 Å². The van der Waals surface area contributed by atoms with Crippen LogP contribution in [0.1, 0.15) is 0 Å². The van der Waals surface area contributed by atoms with Gasteiger partial charge in [-0.1, -0.05) is 6.07 Å². The van der Waals surface area contributed by atoms with Crippen molar-refractivity contribution in [1.82, 2.24) is 9.55 Å². The van der Waals surface area contributed by atoms with Gasteiger partial charge in [0.2, 0.25) is 0 Å². The highest BCUT2D eigenvalue weighted by Crippen LogP contribution is 2.37. The van der Waals surface area contributed by atoms with E-state index < -0.39 is 0 Å². The molecule has 0 saturated heterocycles. The summed E-state index contributed by atoms with van der Waals surface area (Å²) in [5.74, 6) is -0.113. The van der Waals surface area contributed by atoms with Crippen LogP contribution in [0, 0.1) is 5.82 Å². The summed E-state index contributed by atoms with van der Waals surface area (Å²) in [6.07, 6.45) is 0. The van der Waals surface area contributed by atoms with E-state index in [4.69, 9.17) is 0 Å². The molecule has 0 radical (unpaired) electrons. The number of fused-ring (bicyclic) bond motifs is 1. The van der Waals surface area contributed by atoms with E-state index >= 15 is 0 Å². The van der Waals surface area contributed by atoms with Crippen molar-refractivity contribution in [3.05, 3.63) is 42.2 Å². The van der Waals surface area contributed by atoms with Gasteiger partial charge in [0.1, 0.15) is 28.7 Å². The van der Waals surface area contributed by atoms with E-state index in [1.165, 1.54) is 30.3 Å². The van der Waals surface area contributed by atoms with E-state index in [1.807, 2.05) is 0 Å². The molecule has 0 aliphatic heterocycles. The molecule has 0 aliphatic carbocycles. The molecule has 0 bridgehead atoms. The SMILES string of the molecule is Cn1c(-c2c(O)cccc2O)nc2ccc(F)cc21. The number of halogens is 1. The number of rotatable bonds is 1. The molecule has 2 N–H and O–H groups in total. The highest BCUT2D eigenvalue weighted by atomic mass is 19.1. The van der Waals surface area contributed by atoms with E-state index in [0.29, 0.717) is 16.9 Å². The Bertz CT molecular complexity index is 760. The number of imidazole rings is 1. The number of aromatic nitrogens is 2. The molecule has 1 heterocycles. The first kappa shape index (κ1) is 11.5. The minimum atomic E-state index is -0.358. The standard InChI is InChI=1S/C14H11FN2O2/c1-17-10-7-8(15)5-6-9(10)16-14(17)13-11(18)3-2-4-12(13)19/h2-7,18-19H,1H3. The summed E-state index contributed by atoms with van der Waals surface area (Å²) in [6.45, 7) is 0. The Morgan fingerprint density at radius 2 is 1.79 bits per heavy atom. The third-order valence-corrected chi connectivity index (χ3v) is 3.09. The fourth-order valence-corrected chi connectivity index (χ4v) is 2.14. The number of hydrogen-bond donors (Lipinski definition) is 2. The third kappa shape index (κ3) is 1.71. The fourth-order valence-electron chi connectivity index (χ4n) is 2.14. The van der Waals surface area contributed by atoms with E-state index in [2.05, 4.69) is 4.98 Å². The van der Waals surface area contributed by atoms with Gasteiger partial charge in [-0.25, -0.2) is 9.37 Å². The van der Waals surface area contributed by atoms with Gasteiger partial charge in [-0.05, 0) is 30.3 Å². The van der Waals surface area contributed by atoms with E-state index in [1.54, 1.807) is 17.7 Å². The molecule has 2 aromatic carbocycles. The molecule has 0 amide bonds. The number of aromatic hydroxyl groups is 2. The molecular weight excluding hydrogens is 247 g/mol. The van der Waals surface area contributed by atoms with Crippen LogP contribution >= 0.6 is 0 Å². The Balaban J connectivity index is 2.35. The Morgan fingerprint density at radius 3 is 2.47 bits per heavy atom. The highest BCUT2D eigenvalue weighted by molar-refractivity contribution is 5.83. The molecule has 0 fully saturated rings. The molecular formula is C14H11FN2O2. The van der Waals surface area contributed by atoms with Crippen LogP contribution in [0.15, 0.2) is 36.4 Å². The molecule has 19 heavy (non-hydrogen) atoms. The van der Waals surface area contributed by atoms with Crippen LogP contribution in [0.2, 0.25) is 0 Å². The van der Waals surface area contributed by atoms with Gasteiger partial charge in [0.05, 0.1) is 11.0 Å². The van der Waals surface area contributed by atoms with Crippen LogP contribution in [0.5, 0.6) is 11.5 Å². The topological polar surface area (TPSA) is 58.3 Å². The smallest absolute Gasteiger partial charge is 0.148 e. The van der Waals surface area contributed by atoms with Crippen molar-refractivity contribution in [3.8, 4) is 22.9 Å². The first-order valence-corrected chi connectivity index (χ1v) is 5.71. The minimum absolute atomic E-state index is 0.0705. The summed E-state index contributed by atoms with van der Waals surface area (Å²) in [5.41, 5.74) is 1.43. The van der Waals surface area contributed by atoms with E-state index in [-0.39, 0.29) is 22.9 Å². The first-order chi connectivity index (χ1) is 9.08. The lowest BCUT2D eigenvalue weighted by molar-refractivity contribution is 0.453. The average molecular weight is 258 g/mol. The lowest BCUT2D eigenvalue weighted by Gasteiger charge is -2.06. The second-order valence-electron chi connectivity index (χ2n) is 4.30. The van der Waals surface area contributed by atoms with Gasteiger partial charge in [0.15, 0.2) is 0 Å². The van der Waals surface area contributed by atoms with Crippen LogP contribution in [0.3, 0.4) is 0 Å². The van der Waals surface area contributed by atoms with Crippen molar-refractivity contribution in [2.75, 3.05) is 0 Å². The predicted octanol–water partition coefficient (Wildman–Crippen LogP) is 2.79. The first-order valence-electron chi connectivity index (χ1n) is 5.71. The van der Waals surface area contributed by atoms with Gasteiger partial charge in [0, 0.05) is 7.05 Å². The van der Waals surface area contributed by atoms with Crippen LogP contribution < -0.4 is 0 Å². The zero-order chi connectivity index (χ0) is 13.6. The largest absolute Gasteiger partial charge is 0.507 e. The van der Waals surface area contributed by atoms with Gasteiger partial charge in [-0.3, -0.25) is 0 Å². The number of hydrogen-bond acceptors (Lipinski definition) is 3. The predicted molar refractivity (Wildman–Crippen MR) is 69.4 cm³/mol. The zero-order valence-corrected chi connectivity index (χ0v) is 10.1. The molecule has 0 atom stereocenters. The van der Waals surface area contributed by atoms with E-state index in [0.717, 1.165) is 0 Å². The maximum atomic E-state index is 13.2. The molecule has 0 spiro atoms. The maximum Gasteiger partial charge on any atom is 0.148 e. The van der Waals surface area contributed by atoms with Crippen molar-refractivity contribution in [2.24, 2.45) is 7.05 Å². The van der Waals surface area contributed by atoms with Crippen molar-refractivity contribution < 1.29 is 14.6 Å². The molecule has 96 valence electrons. The molecule has 5 heteroatoms. The van der Waals surface area contributed by atoms with Crippen molar-refractivity contribution in [1.29, 1.82) is 0 Å². The number of aryl methyl sites for hydroxylation is 1. The fraction of sp³-hybridized carbons (Fsp3) is 0.0714. The molecule has 3 rings (SSSR count). The Morgan fingerprint density at radius 1 is 1.11 bits per heavy atom. The quantitative estimate of drug-likeness (QED) is 0.705.